The van der Waals surface area contributed by atoms with Crippen molar-refractivity contribution in [2.24, 2.45) is 11.8 Å². The van der Waals surface area contributed by atoms with E-state index in [1.807, 2.05) is 33.7 Å². The fourth-order valence-corrected chi connectivity index (χ4v) is 3.60. The highest BCUT2D eigenvalue weighted by molar-refractivity contribution is 5.93. The highest BCUT2D eigenvalue weighted by Crippen LogP contribution is 2.38. The lowest BCUT2D eigenvalue weighted by molar-refractivity contribution is 0.0747. The number of hydrogen-bond acceptors (Lipinski definition) is 3. The molecule has 5 heteroatoms. The monoisotopic (exact) mass is 271 g/mol. The molecule has 1 saturated heterocycles. The third kappa shape index (κ3) is 1.73. The summed E-state index contributed by atoms with van der Waals surface area (Å²) in [6, 6.07) is 5.71. The molecule has 3 unspecified atom stereocenters. The Morgan fingerprint density at radius 3 is 3.00 bits per heavy atom. The molecule has 0 bridgehead atoms. The number of aromatic nitrogens is 2. The summed E-state index contributed by atoms with van der Waals surface area (Å²) in [6.45, 7) is 1.42. The fraction of sp³-hybridized carbons (Fsp3) is 0.467. The van der Waals surface area contributed by atoms with Crippen LogP contribution in [0.15, 0.2) is 30.6 Å². The minimum atomic E-state index is -0.237. The average Bonchev–Trinajstić information content (AvgIpc) is 3.13. The highest BCUT2D eigenvalue weighted by atomic mass is 16.3. The smallest absolute Gasteiger partial charge is 0.274 e. The normalized spacial score (nSPS) is 29.1. The molecule has 3 atom stereocenters. The summed E-state index contributed by atoms with van der Waals surface area (Å²) >= 11 is 0. The number of hydrogen-bond donors (Lipinski definition) is 1. The summed E-state index contributed by atoms with van der Waals surface area (Å²) in [5, 5.41) is 9.93. The zero-order chi connectivity index (χ0) is 13.7. The van der Waals surface area contributed by atoms with Crippen molar-refractivity contribution in [3.05, 3.63) is 36.3 Å². The van der Waals surface area contributed by atoms with E-state index in [2.05, 4.69) is 4.98 Å². The molecule has 3 heterocycles. The van der Waals surface area contributed by atoms with Crippen LogP contribution >= 0.6 is 0 Å². The molecule has 2 fully saturated rings. The fourth-order valence-electron chi connectivity index (χ4n) is 3.60. The Morgan fingerprint density at radius 1 is 1.30 bits per heavy atom. The summed E-state index contributed by atoms with van der Waals surface area (Å²) < 4.78 is 1.86. The second-order valence-electron chi connectivity index (χ2n) is 5.87. The van der Waals surface area contributed by atoms with E-state index in [0.717, 1.165) is 25.0 Å². The number of likely N-dealkylation sites (tertiary alicyclic amines) is 1. The molecule has 0 radical (unpaired) electrons. The number of carbonyl (C=O) groups is 1. The van der Waals surface area contributed by atoms with Crippen LogP contribution in [-0.2, 0) is 0 Å². The van der Waals surface area contributed by atoms with Gasteiger partial charge in [0.2, 0.25) is 0 Å². The van der Waals surface area contributed by atoms with E-state index in [4.69, 9.17) is 0 Å². The van der Waals surface area contributed by atoms with E-state index in [9.17, 15) is 9.90 Å². The van der Waals surface area contributed by atoms with Gasteiger partial charge in [-0.05, 0) is 30.9 Å². The van der Waals surface area contributed by atoms with Gasteiger partial charge in [0.1, 0.15) is 11.3 Å². The number of rotatable bonds is 1. The minimum Gasteiger partial charge on any atom is -0.393 e. The standard InChI is InChI=1S/C15H17N3O2/c19-13-5-4-10-7-18(8-11(10)13)15(20)12-9-17-6-2-1-3-14(17)16-12/h1-3,6,9-11,13,19H,4-5,7-8H2. The first-order valence-corrected chi connectivity index (χ1v) is 7.13. The first-order valence-electron chi connectivity index (χ1n) is 7.13. The number of amides is 1. The molecule has 0 spiro atoms. The maximum absolute atomic E-state index is 12.5. The molecule has 1 amide bonds. The Kier molecular flexibility index (Phi) is 2.57. The summed E-state index contributed by atoms with van der Waals surface area (Å²) in [7, 11) is 0. The lowest BCUT2D eigenvalue weighted by Crippen LogP contribution is -2.31. The first kappa shape index (κ1) is 11.9. The van der Waals surface area contributed by atoms with Crippen molar-refractivity contribution in [2.75, 3.05) is 13.1 Å². The SMILES string of the molecule is O=C(c1cn2ccccc2n1)N1CC2CCC(O)C2C1. The van der Waals surface area contributed by atoms with Crippen molar-refractivity contribution in [3.63, 3.8) is 0 Å². The van der Waals surface area contributed by atoms with E-state index < -0.39 is 0 Å². The van der Waals surface area contributed by atoms with Crippen LogP contribution in [0.5, 0.6) is 0 Å². The maximum atomic E-state index is 12.5. The molecule has 0 aromatic carbocycles. The van der Waals surface area contributed by atoms with Crippen LogP contribution in [-0.4, -0.2) is 44.5 Å². The third-order valence-electron chi connectivity index (χ3n) is 4.69. The maximum Gasteiger partial charge on any atom is 0.274 e. The van der Waals surface area contributed by atoms with Gasteiger partial charge in [0.15, 0.2) is 0 Å². The lowest BCUT2D eigenvalue weighted by atomic mass is 10.00. The topological polar surface area (TPSA) is 57.8 Å². The van der Waals surface area contributed by atoms with Gasteiger partial charge in [0.05, 0.1) is 6.10 Å². The van der Waals surface area contributed by atoms with Gasteiger partial charge in [-0.3, -0.25) is 4.79 Å². The first-order chi connectivity index (χ1) is 9.72. The van der Waals surface area contributed by atoms with Gasteiger partial charge in [0, 0.05) is 31.4 Å². The molecule has 2 aliphatic rings. The van der Waals surface area contributed by atoms with E-state index in [0.29, 0.717) is 18.2 Å². The van der Waals surface area contributed by atoms with Gasteiger partial charge in [-0.1, -0.05) is 6.07 Å². The quantitative estimate of drug-likeness (QED) is 0.847. The van der Waals surface area contributed by atoms with Gasteiger partial charge >= 0.3 is 0 Å². The number of fused-ring (bicyclic) bond motifs is 2. The third-order valence-corrected chi connectivity index (χ3v) is 4.69. The number of aliphatic hydroxyl groups excluding tert-OH is 1. The molecule has 20 heavy (non-hydrogen) atoms. The van der Waals surface area contributed by atoms with Crippen molar-refractivity contribution in [1.29, 1.82) is 0 Å². The molecule has 1 saturated carbocycles. The van der Waals surface area contributed by atoms with Crippen LogP contribution in [0, 0.1) is 11.8 Å². The number of imidazole rings is 1. The van der Waals surface area contributed by atoms with E-state index in [1.54, 1.807) is 6.20 Å². The summed E-state index contributed by atoms with van der Waals surface area (Å²) in [5.74, 6) is 0.706. The summed E-state index contributed by atoms with van der Waals surface area (Å²) in [6.07, 6.45) is 5.34. The van der Waals surface area contributed by atoms with E-state index >= 15 is 0 Å². The van der Waals surface area contributed by atoms with Crippen LogP contribution in [0.1, 0.15) is 23.3 Å². The number of nitrogens with zero attached hydrogens (tertiary/aromatic N) is 3. The highest BCUT2D eigenvalue weighted by Gasteiger charge is 2.43. The number of carbonyl (C=O) groups excluding carboxylic acids is 1. The minimum absolute atomic E-state index is 0.0182. The second kappa shape index (κ2) is 4.31. The van der Waals surface area contributed by atoms with Gasteiger partial charge < -0.3 is 14.4 Å². The average molecular weight is 271 g/mol. The number of aliphatic hydroxyl groups is 1. The Bertz CT molecular complexity index is 633. The molecule has 104 valence electrons. The van der Waals surface area contributed by atoms with Crippen molar-refractivity contribution >= 4 is 11.6 Å². The molecular formula is C15H17N3O2. The van der Waals surface area contributed by atoms with Crippen LogP contribution in [0.25, 0.3) is 5.65 Å². The van der Waals surface area contributed by atoms with Crippen LogP contribution in [0.2, 0.25) is 0 Å². The Labute approximate surface area is 116 Å². The summed E-state index contributed by atoms with van der Waals surface area (Å²) in [4.78, 5) is 18.7. The molecular weight excluding hydrogens is 254 g/mol. The lowest BCUT2D eigenvalue weighted by Gasteiger charge is -2.17. The van der Waals surface area contributed by atoms with Gasteiger partial charge in [0.25, 0.3) is 5.91 Å². The van der Waals surface area contributed by atoms with Crippen LogP contribution in [0.4, 0.5) is 0 Å². The van der Waals surface area contributed by atoms with Crippen molar-refractivity contribution < 1.29 is 9.90 Å². The van der Waals surface area contributed by atoms with Gasteiger partial charge in [-0.2, -0.15) is 0 Å². The Morgan fingerprint density at radius 2 is 2.20 bits per heavy atom. The van der Waals surface area contributed by atoms with Crippen molar-refractivity contribution in [2.45, 2.75) is 18.9 Å². The number of pyridine rings is 1. The van der Waals surface area contributed by atoms with Gasteiger partial charge in [-0.25, -0.2) is 4.98 Å². The van der Waals surface area contributed by atoms with E-state index in [-0.39, 0.29) is 17.9 Å². The molecule has 1 aliphatic carbocycles. The molecule has 1 N–H and O–H groups in total. The van der Waals surface area contributed by atoms with Crippen molar-refractivity contribution in [3.8, 4) is 0 Å². The Hall–Kier alpha value is -1.88. The molecule has 4 rings (SSSR count). The zero-order valence-electron chi connectivity index (χ0n) is 11.1. The Balaban J connectivity index is 1.58. The molecule has 1 aliphatic heterocycles. The van der Waals surface area contributed by atoms with E-state index in [1.165, 1.54) is 0 Å². The van der Waals surface area contributed by atoms with Crippen molar-refractivity contribution in [1.82, 2.24) is 14.3 Å². The van der Waals surface area contributed by atoms with Gasteiger partial charge in [-0.15, -0.1) is 0 Å². The second-order valence-corrected chi connectivity index (χ2v) is 5.87. The molecule has 2 aromatic heterocycles. The predicted molar refractivity (Wildman–Crippen MR) is 73.3 cm³/mol. The largest absolute Gasteiger partial charge is 0.393 e. The van der Waals surface area contributed by atoms with Crippen LogP contribution < -0.4 is 0 Å². The molecule has 2 aromatic rings. The predicted octanol–water partition coefficient (Wildman–Crippen LogP) is 1.18. The zero-order valence-corrected chi connectivity index (χ0v) is 11.1. The summed E-state index contributed by atoms with van der Waals surface area (Å²) in [5.41, 5.74) is 1.28. The molecule has 5 nitrogen and oxygen atoms in total. The van der Waals surface area contributed by atoms with Crippen LogP contribution in [0.3, 0.4) is 0 Å².